The van der Waals surface area contributed by atoms with Gasteiger partial charge in [-0.15, -0.1) is 10.2 Å². The number of halogens is 4. The molecule has 3 rings (SSSR count). The fraction of sp³-hybridized carbons (Fsp3) is 0. The van der Waals surface area contributed by atoms with Crippen LogP contribution in [-0.4, -0.2) is 10.2 Å². The molecule has 0 saturated heterocycles. The maximum Gasteiger partial charge on any atom is 0.248 e. The fourth-order valence-corrected chi connectivity index (χ4v) is 2.85. The molecule has 0 aliphatic rings. The van der Waals surface area contributed by atoms with Gasteiger partial charge in [0.05, 0.1) is 31.5 Å². The molecule has 1 aromatic heterocycles. The zero-order valence-corrected chi connectivity index (χ0v) is 14.3. The van der Waals surface area contributed by atoms with E-state index in [9.17, 15) is 0 Å². The monoisotopic (exact) mass is 388 g/mol. The van der Waals surface area contributed by atoms with Crippen LogP contribution in [0.5, 0.6) is 0 Å². The van der Waals surface area contributed by atoms with E-state index in [2.05, 4.69) is 10.2 Å². The van der Waals surface area contributed by atoms with Gasteiger partial charge in [-0.3, -0.25) is 0 Å². The SMILES string of the molecule is Nc1c(Cl)cc(-c2nnc(-c3cc(Cl)c(N)c(Cl)c3)o2)cc1Cl. The average molecular weight is 390 g/mol. The lowest BCUT2D eigenvalue weighted by Gasteiger charge is -2.04. The van der Waals surface area contributed by atoms with Gasteiger partial charge in [0.1, 0.15) is 0 Å². The Morgan fingerprint density at radius 1 is 0.652 bits per heavy atom. The third-order valence-corrected chi connectivity index (χ3v) is 4.33. The minimum absolute atomic E-state index is 0.230. The molecule has 0 bridgehead atoms. The van der Waals surface area contributed by atoms with Gasteiger partial charge in [-0.25, -0.2) is 0 Å². The molecule has 1 heterocycles. The van der Waals surface area contributed by atoms with Gasteiger partial charge in [-0.05, 0) is 24.3 Å². The normalized spacial score (nSPS) is 11.0. The molecule has 0 saturated carbocycles. The third-order valence-electron chi connectivity index (χ3n) is 3.08. The Hall–Kier alpha value is -1.66. The maximum atomic E-state index is 6.00. The van der Waals surface area contributed by atoms with Gasteiger partial charge in [0.15, 0.2) is 0 Å². The number of benzene rings is 2. The second-order valence-corrected chi connectivity index (χ2v) is 6.25. The van der Waals surface area contributed by atoms with Gasteiger partial charge in [0, 0.05) is 11.1 Å². The summed E-state index contributed by atoms with van der Waals surface area (Å²) in [4.78, 5) is 0. The van der Waals surface area contributed by atoms with Gasteiger partial charge in [0.25, 0.3) is 0 Å². The molecule has 4 N–H and O–H groups in total. The largest absolute Gasteiger partial charge is 0.416 e. The molecule has 0 aliphatic carbocycles. The minimum Gasteiger partial charge on any atom is -0.416 e. The van der Waals surface area contributed by atoms with Crippen molar-refractivity contribution in [3.63, 3.8) is 0 Å². The molecule has 0 radical (unpaired) electrons. The Bertz CT molecular complexity index is 792. The summed E-state index contributed by atoms with van der Waals surface area (Å²) in [7, 11) is 0. The van der Waals surface area contributed by atoms with Crippen LogP contribution >= 0.6 is 46.4 Å². The number of nitrogen functional groups attached to an aromatic ring is 2. The van der Waals surface area contributed by atoms with Gasteiger partial charge in [0.2, 0.25) is 11.8 Å². The highest BCUT2D eigenvalue weighted by Crippen LogP contribution is 2.36. The number of rotatable bonds is 2. The number of aromatic nitrogens is 2. The fourth-order valence-electron chi connectivity index (χ4n) is 1.87. The lowest BCUT2D eigenvalue weighted by Crippen LogP contribution is -1.89. The first kappa shape index (κ1) is 16.2. The molecule has 23 heavy (non-hydrogen) atoms. The molecular formula is C14H8Cl4N4O. The van der Waals surface area contributed by atoms with E-state index in [0.717, 1.165) is 0 Å². The second-order valence-electron chi connectivity index (χ2n) is 4.62. The van der Waals surface area contributed by atoms with Crippen molar-refractivity contribution >= 4 is 57.8 Å². The summed E-state index contributed by atoms with van der Waals surface area (Å²) in [6.45, 7) is 0. The molecular weight excluding hydrogens is 382 g/mol. The van der Waals surface area contributed by atoms with Crippen molar-refractivity contribution in [2.45, 2.75) is 0 Å². The minimum atomic E-state index is 0.230. The van der Waals surface area contributed by atoms with Crippen molar-refractivity contribution < 1.29 is 4.42 Å². The Morgan fingerprint density at radius 2 is 0.957 bits per heavy atom. The molecule has 2 aromatic carbocycles. The molecule has 0 atom stereocenters. The molecule has 0 amide bonds. The van der Waals surface area contributed by atoms with Crippen LogP contribution in [-0.2, 0) is 0 Å². The van der Waals surface area contributed by atoms with E-state index in [1.54, 1.807) is 24.3 Å². The Balaban J connectivity index is 2.04. The summed E-state index contributed by atoms with van der Waals surface area (Å²) >= 11 is 24.0. The van der Waals surface area contributed by atoms with Crippen molar-refractivity contribution in [3.8, 4) is 22.9 Å². The van der Waals surface area contributed by atoms with Crippen molar-refractivity contribution in [3.05, 3.63) is 44.4 Å². The molecule has 3 aromatic rings. The van der Waals surface area contributed by atoms with E-state index in [4.69, 9.17) is 62.3 Å². The van der Waals surface area contributed by atoms with Crippen molar-refractivity contribution in [2.24, 2.45) is 0 Å². The first-order valence-electron chi connectivity index (χ1n) is 6.20. The van der Waals surface area contributed by atoms with Crippen LogP contribution < -0.4 is 11.5 Å². The summed E-state index contributed by atoms with van der Waals surface area (Å²) in [5.74, 6) is 0.459. The summed E-state index contributed by atoms with van der Waals surface area (Å²) < 4.78 is 5.62. The van der Waals surface area contributed by atoms with Crippen molar-refractivity contribution in [2.75, 3.05) is 11.5 Å². The summed E-state index contributed by atoms with van der Waals surface area (Å²) in [5, 5.41) is 9.12. The van der Waals surface area contributed by atoms with E-state index in [0.29, 0.717) is 31.2 Å². The lowest BCUT2D eigenvalue weighted by atomic mass is 10.2. The molecule has 118 valence electrons. The molecule has 0 fully saturated rings. The second kappa shape index (κ2) is 6.09. The van der Waals surface area contributed by atoms with Crippen LogP contribution in [0.2, 0.25) is 20.1 Å². The van der Waals surface area contributed by atoms with Crippen molar-refractivity contribution in [1.29, 1.82) is 0 Å². The Labute approximate surface area is 151 Å². The zero-order chi connectivity index (χ0) is 16.7. The van der Waals surface area contributed by atoms with E-state index in [1.807, 2.05) is 0 Å². The van der Waals surface area contributed by atoms with Crippen molar-refractivity contribution in [1.82, 2.24) is 10.2 Å². The Kier molecular flexibility index (Phi) is 4.29. The van der Waals surface area contributed by atoms with Gasteiger partial charge in [-0.1, -0.05) is 46.4 Å². The maximum absolute atomic E-state index is 6.00. The van der Waals surface area contributed by atoms with E-state index in [1.165, 1.54) is 0 Å². The Morgan fingerprint density at radius 3 is 1.26 bits per heavy atom. The van der Waals surface area contributed by atoms with Crippen LogP contribution in [0.3, 0.4) is 0 Å². The molecule has 0 aliphatic heterocycles. The quantitative estimate of drug-likeness (QED) is 0.589. The van der Waals surface area contributed by atoms with Gasteiger partial charge < -0.3 is 15.9 Å². The zero-order valence-electron chi connectivity index (χ0n) is 11.3. The van der Waals surface area contributed by atoms with E-state index >= 15 is 0 Å². The first-order valence-corrected chi connectivity index (χ1v) is 7.71. The number of anilines is 2. The van der Waals surface area contributed by atoms with E-state index in [-0.39, 0.29) is 23.2 Å². The van der Waals surface area contributed by atoms with Gasteiger partial charge in [-0.2, -0.15) is 0 Å². The van der Waals surface area contributed by atoms with Crippen LogP contribution in [0.15, 0.2) is 28.7 Å². The van der Waals surface area contributed by atoms with Crippen LogP contribution in [0.1, 0.15) is 0 Å². The highest BCUT2D eigenvalue weighted by molar-refractivity contribution is 6.39. The highest BCUT2D eigenvalue weighted by Gasteiger charge is 2.15. The highest BCUT2D eigenvalue weighted by atomic mass is 35.5. The number of hydrogen-bond acceptors (Lipinski definition) is 5. The predicted octanol–water partition coefficient (Wildman–Crippen LogP) is 5.18. The number of nitrogens with two attached hydrogens (primary N) is 2. The third kappa shape index (κ3) is 3.05. The molecule has 5 nitrogen and oxygen atoms in total. The topological polar surface area (TPSA) is 91.0 Å². The lowest BCUT2D eigenvalue weighted by molar-refractivity contribution is 0.584. The standard InChI is InChI=1S/C14H8Cl4N4O/c15-7-1-5(2-8(16)11(7)19)13-21-22-14(23-13)6-3-9(17)12(20)10(18)4-6/h1-4H,19-20H2. The van der Waals surface area contributed by atoms with Crippen LogP contribution in [0.25, 0.3) is 22.9 Å². The summed E-state index contributed by atoms with van der Waals surface area (Å²) in [6, 6.07) is 6.35. The predicted molar refractivity (Wildman–Crippen MR) is 94.0 cm³/mol. The number of nitrogens with zero attached hydrogens (tertiary/aromatic N) is 2. The average Bonchev–Trinajstić information content (AvgIpc) is 2.99. The first-order chi connectivity index (χ1) is 10.9. The summed E-state index contributed by atoms with van der Waals surface area (Å²) in [5.41, 5.74) is 13.1. The molecule has 9 heteroatoms. The van der Waals surface area contributed by atoms with Crippen LogP contribution in [0, 0.1) is 0 Å². The van der Waals surface area contributed by atoms with Gasteiger partial charge >= 0.3 is 0 Å². The smallest absolute Gasteiger partial charge is 0.248 e. The number of hydrogen-bond donors (Lipinski definition) is 2. The molecule has 0 unspecified atom stereocenters. The van der Waals surface area contributed by atoms with E-state index < -0.39 is 0 Å². The van der Waals surface area contributed by atoms with Crippen LogP contribution in [0.4, 0.5) is 11.4 Å². The molecule has 0 spiro atoms. The summed E-state index contributed by atoms with van der Waals surface area (Å²) in [6.07, 6.45) is 0.